The van der Waals surface area contributed by atoms with Crippen LogP contribution in [0.3, 0.4) is 0 Å². The fraction of sp³-hybridized carbons (Fsp3) is 0.533. The smallest absolute Gasteiger partial charge is 0.237 e. The first-order chi connectivity index (χ1) is 8.94. The van der Waals surface area contributed by atoms with Crippen molar-refractivity contribution in [3.8, 4) is 0 Å². The SMILES string of the molecule is CC(C)(CCO)NC(=O)[C@@H](N)CCc1ccccc1. The molecule has 1 amide bonds. The molecule has 0 bridgehead atoms. The van der Waals surface area contributed by atoms with E-state index in [4.69, 9.17) is 10.8 Å². The Morgan fingerprint density at radius 1 is 1.37 bits per heavy atom. The van der Waals surface area contributed by atoms with Gasteiger partial charge in [0.2, 0.25) is 5.91 Å². The lowest BCUT2D eigenvalue weighted by atomic mass is 9.99. The first-order valence-corrected chi connectivity index (χ1v) is 6.67. The van der Waals surface area contributed by atoms with Gasteiger partial charge in [0.05, 0.1) is 6.04 Å². The minimum atomic E-state index is -0.516. The molecule has 0 unspecified atom stereocenters. The summed E-state index contributed by atoms with van der Waals surface area (Å²) in [5.41, 5.74) is 6.65. The van der Waals surface area contributed by atoms with Crippen LogP contribution in [0.2, 0.25) is 0 Å². The Morgan fingerprint density at radius 2 is 2.00 bits per heavy atom. The second-order valence-corrected chi connectivity index (χ2v) is 5.48. The monoisotopic (exact) mass is 264 g/mol. The molecule has 19 heavy (non-hydrogen) atoms. The van der Waals surface area contributed by atoms with Crippen molar-refractivity contribution in [1.29, 1.82) is 0 Å². The number of hydrogen-bond acceptors (Lipinski definition) is 3. The van der Waals surface area contributed by atoms with Crippen molar-refractivity contribution >= 4 is 5.91 Å². The van der Waals surface area contributed by atoms with Gasteiger partial charge in [0.1, 0.15) is 0 Å². The summed E-state index contributed by atoms with van der Waals surface area (Å²) in [6.45, 7) is 3.81. The molecule has 0 radical (unpaired) electrons. The van der Waals surface area contributed by atoms with Crippen molar-refractivity contribution in [3.05, 3.63) is 35.9 Å². The molecule has 4 heteroatoms. The van der Waals surface area contributed by atoms with Crippen LogP contribution < -0.4 is 11.1 Å². The van der Waals surface area contributed by atoms with Gasteiger partial charge in [-0.2, -0.15) is 0 Å². The summed E-state index contributed by atoms with van der Waals surface area (Å²) < 4.78 is 0. The molecule has 1 rings (SSSR count). The molecular formula is C15H24N2O2. The molecule has 0 saturated carbocycles. The normalized spacial score (nSPS) is 13.1. The lowest BCUT2D eigenvalue weighted by Crippen LogP contribution is -2.51. The zero-order valence-corrected chi connectivity index (χ0v) is 11.7. The van der Waals surface area contributed by atoms with Crippen molar-refractivity contribution in [2.75, 3.05) is 6.61 Å². The fourth-order valence-electron chi connectivity index (χ4n) is 1.87. The fourth-order valence-corrected chi connectivity index (χ4v) is 1.87. The standard InChI is InChI=1S/C15H24N2O2/c1-15(2,10-11-18)17-14(19)13(16)9-8-12-6-4-3-5-7-12/h3-7,13,18H,8-11,16H2,1-2H3,(H,17,19)/t13-/m0/s1. The quantitative estimate of drug-likeness (QED) is 0.693. The summed E-state index contributed by atoms with van der Waals surface area (Å²) >= 11 is 0. The number of rotatable bonds is 7. The van der Waals surface area contributed by atoms with E-state index in [2.05, 4.69) is 5.32 Å². The molecule has 0 fully saturated rings. The number of carbonyl (C=O) groups excluding carboxylic acids is 1. The van der Waals surface area contributed by atoms with Gasteiger partial charge in [0.15, 0.2) is 0 Å². The molecule has 0 spiro atoms. The maximum absolute atomic E-state index is 11.9. The zero-order valence-electron chi connectivity index (χ0n) is 11.7. The molecule has 1 aromatic carbocycles. The van der Waals surface area contributed by atoms with Gasteiger partial charge in [0, 0.05) is 12.1 Å². The molecule has 0 saturated heterocycles. The van der Waals surface area contributed by atoms with Crippen molar-refractivity contribution in [2.45, 2.75) is 44.7 Å². The summed E-state index contributed by atoms with van der Waals surface area (Å²) in [6, 6.07) is 9.46. The van der Waals surface area contributed by atoms with Crippen LogP contribution in [0.5, 0.6) is 0 Å². The van der Waals surface area contributed by atoms with Crippen molar-refractivity contribution in [3.63, 3.8) is 0 Å². The summed E-state index contributed by atoms with van der Waals surface area (Å²) in [5.74, 6) is -0.158. The Labute approximate surface area is 115 Å². The molecule has 0 aliphatic rings. The summed E-state index contributed by atoms with van der Waals surface area (Å²) in [6.07, 6.45) is 1.92. The van der Waals surface area contributed by atoms with Gasteiger partial charge in [-0.1, -0.05) is 30.3 Å². The molecule has 1 aromatic rings. The Bertz CT molecular complexity index is 390. The van der Waals surface area contributed by atoms with E-state index in [1.165, 1.54) is 5.56 Å². The molecule has 0 heterocycles. The number of benzene rings is 1. The third kappa shape index (κ3) is 5.85. The van der Waals surface area contributed by atoms with Gasteiger partial charge >= 0.3 is 0 Å². The van der Waals surface area contributed by atoms with Crippen LogP contribution in [-0.4, -0.2) is 29.2 Å². The van der Waals surface area contributed by atoms with E-state index in [0.717, 1.165) is 6.42 Å². The van der Waals surface area contributed by atoms with E-state index in [1.54, 1.807) is 0 Å². The predicted octanol–water partition coefficient (Wildman–Crippen LogP) is 1.22. The largest absolute Gasteiger partial charge is 0.396 e. The van der Waals surface area contributed by atoms with Crippen molar-refractivity contribution < 1.29 is 9.90 Å². The summed E-state index contributed by atoms with van der Waals surface area (Å²) in [5, 5.41) is 11.8. The van der Waals surface area contributed by atoms with E-state index in [-0.39, 0.29) is 12.5 Å². The summed E-state index contributed by atoms with van der Waals surface area (Å²) in [4.78, 5) is 11.9. The highest BCUT2D eigenvalue weighted by molar-refractivity contribution is 5.82. The van der Waals surface area contributed by atoms with Crippen LogP contribution in [0.4, 0.5) is 0 Å². The van der Waals surface area contributed by atoms with Crippen LogP contribution in [0.15, 0.2) is 30.3 Å². The van der Waals surface area contributed by atoms with E-state index in [9.17, 15) is 4.79 Å². The van der Waals surface area contributed by atoms with Crippen LogP contribution in [0.25, 0.3) is 0 Å². The Hall–Kier alpha value is -1.39. The highest BCUT2D eigenvalue weighted by Crippen LogP contribution is 2.09. The molecular weight excluding hydrogens is 240 g/mol. The average molecular weight is 264 g/mol. The van der Waals surface area contributed by atoms with E-state index in [0.29, 0.717) is 12.8 Å². The topological polar surface area (TPSA) is 75.3 Å². The number of amides is 1. The van der Waals surface area contributed by atoms with Gasteiger partial charge < -0.3 is 16.2 Å². The highest BCUT2D eigenvalue weighted by atomic mass is 16.3. The van der Waals surface area contributed by atoms with E-state index >= 15 is 0 Å². The molecule has 106 valence electrons. The second kappa shape index (κ2) is 7.26. The maximum atomic E-state index is 11.9. The first kappa shape index (κ1) is 15.7. The lowest BCUT2D eigenvalue weighted by Gasteiger charge is -2.27. The summed E-state index contributed by atoms with van der Waals surface area (Å²) in [7, 11) is 0. The Morgan fingerprint density at radius 3 is 2.58 bits per heavy atom. The Kier molecular flexibility index (Phi) is 5.99. The number of nitrogens with two attached hydrogens (primary N) is 1. The number of nitrogens with one attached hydrogen (secondary N) is 1. The number of aliphatic hydroxyl groups is 1. The maximum Gasteiger partial charge on any atom is 0.237 e. The minimum absolute atomic E-state index is 0.0481. The van der Waals surface area contributed by atoms with Crippen molar-refractivity contribution in [2.24, 2.45) is 5.73 Å². The van der Waals surface area contributed by atoms with Gasteiger partial charge in [0.25, 0.3) is 0 Å². The number of aryl methyl sites for hydroxylation is 1. The van der Waals surface area contributed by atoms with Crippen LogP contribution in [0.1, 0.15) is 32.3 Å². The zero-order chi connectivity index (χ0) is 14.3. The molecule has 0 aliphatic heterocycles. The number of aliphatic hydroxyl groups excluding tert-OH is 1. The van der Waals surface area contributed by atoms with Crippen LogP contribution >= 0.6 is 0 Å². The molecule has 1 atom stereocenters. The van der Waals surface area contributed by atoms with Gasteiger partial charge in [-0.3, -0.25) is 4.79 Å². The van der Waals surface area contributed by atoms with Gasteiger partial charge in [-0.05, 0) is 38.7 Å². The van der Waals surface area contributed by atoms with Gasteiger partial charge in [-0.25, -0.2) is 0 Å². The second-order valence-electron chi connectivity index (χ2n) is 5.48. The van der Waals surface area contributed by atoms with Crippen LogP contribution in [-0.2, 0) is 11.2 Å². The van der Waals surface area contributed by atoms with E-state index in [1.807, 2.05) is 44.2 Å². The predicted molar refractivity (Wildman–Crippen MR) is 76.7 cm³/mol. The highest BCUT2D eigenvalue weighted by Gasteiger charge is 2.23. The van der Waals surface area contributed by atoms with Crippen molar-refractivity contribution in [1.82, 2.24) is 5.32 Å². The molecule has 4 N–H and O–H groups in total. The lowest BCUT2D eigenvalue weighted by molar-refractivity contribution is -0.124. The Balaban J connectivity index is 2.41. The number of hydrogen-bond donors (Lipinski definition) is 3. The first-order valence-electron chi connectivity index (χ1n) is 6.67. The van der Waals surface area contributed by atoms with E-state index < -0.39 is 11.6 Å². The third-order valence-electron chi connectivity index (χ3n) is 3.12. The van der Waals surface area contributed by atoms with Crippen LogP contribution in [0, 0.1) is 0 Å². The molecule has 4 nitrogen and oxygen atoms in total. The third-order valence-corrected chi connectivity index (χ3v) is 3.12. The number of carbonyl (C=O) groups is 1. The molecule has 0 aromatic heterocycles. The average Bonchev–Trinajstić information content (AvgIpc) is 2.36. The molecule has 0 aliphatic carbocycles. The minimum Gasteiger partial charge on any atom is -0.396 e. The van der Waals surface area contributed by atoms with Gasteiger partial charge in [-0.15, -0.1) is 0 Å².